The molecule has 2 aromatic carbocycles. The van der Waals surface area contributed by atoms with E-state index in [4.69, 9.17) is 0 Å². The van der Waals surface area contributed by atoms with Crippen molar-refractivity contribution in [3.8, 4) is 0 Å². The molecule has 0 atom stereocenters. The minimum atomic E-state index is -0.250. The van der Waals surface area contributed by atoms with Gasteiger partial charge in [-0.1, -0.05) is 37.3 Å². The maximum absolute atomic E-state index is 12.5. The van der Waals surface area contributed by atoms with Gasteiger partial charge in [-0.15, -0.1) is 0 Å². The Labute approximate surface area is 123 Å². The van der Waals surface area contributed by atoms with Gasteiger partial charge in [-0.3, -0.25) is 9.59 Å². The first-order valence-corrected chi connectivity index (χ1v) is 7.00. The number of fused-ring (bicyclic) bond motifs is 1. The van der Waals surface area contributed by atoms with Crippen LogP contribution in [0.5, 0.6) is 0 Å². The van der Waals surface area contributed by atoms with Gasteiger partial charge in [0.15, 0.2) is 0 Å². The minimum Gasteiger partial charge on any atom is -0.313 e. The second-order valence-corrected chi connectivity index (χ2v) is 4.90. The number of imide groups is 1. The summed E-state index contributed by atoms with van der Waals surface area (Å²) >= 11 is 0. The van der Waals surface area contributed by atoms with Crippen LogP contribution in [0.15, 0.2) is 48.5 Å². The van der Waals surface area contributed by atoms with Crippen LogP contribution in [0.3, 0.4) is 0 Å². The highest BCUT2D eigenvalue weighted by atomic mass is 16.2. The van der Waals surface area contributed by atoms with E-state index in [1.807, 2.05) is 31.2 Å². The van der Waals surface area contributed by atoms with Crippen LogP contribution in [-0.2, 0) is 6.54 Å². The molecule has 4 nitrogen and oxygen atoms in total. The first-order valence-electron chi connectivity index (χ1n) is 7.00. The highest BCUT2D eigenvalue weighted by Crippen LogP contribution is 2.30. The number of anilines is 1. The number of hydrogen-bond acceptors (Lipinski definition) is 3. The van der Waals surface area contributed by atoms with Gasteiger partial charge < -0.3 is 5.32 Å². The molecule has 1 N–H and O–H groups in total. The first-order chi connectivity index (χ1) is 10.2. The highest BCUT2D eigenvalue weighted by Gasteiger charge is 2.36. The summed E-state index contributed by atoms with van der Waals surface area (Å²) in [5.74, 6) is -0.501. The molecule has 1 aliphatic rings. The van der Waals surface area contributed by atoms with Gasteiger partial charge in [-0.05, 0) is 30.3 Å². The molecular formula is C17H16N2O2. The fourth-order valence-corrected chi connectivity index (χ4v) is 2.55. The standard InChI is InChI=1S/C17H16N2O2/c1-2-18-11-12-7-3-6-10-15(12)19-16(20)13-8-4-5-9-14(13)17(19)21/h3-10,18H,2,11H2,1H3. The maximum Gasteiger partial charge on any atom is 0.266 e. The van der Waals surface area contributed by atoms with Crippen molar-refractivity contribution < 1.29 is 9.59 Å². The average Bonchev–Trinajstić information content (AvgIpc) is 2.78. The number of amides is 2. The third kappa shape index (κ3) is 2.23. The quantitative estimate of drug-likeness (QED) is 0.876. The van der Waals surface area contributed by atoms with E-state index in [-0.39, 0.29) is 11.8 Å². The van der Waals surface area contributed by atoms with E-state index in [9.17, 15) is 9.59 Å². The number of hydrogen-bond donors (Lipinski definition) is 1. The SMILES string of the molecule is CCNCc1ccccc1N1C(=O)c2ccccc2C1=O. The second kappa shape index (κ2) is 5.50. The molecule has 106 valence electrons. The number of nitrogens with one attached hydrogen (secondary N) is 1. The molecule has 1 heterocycles. The highest BCUT2D eigenvalue weighted by molar-refractivity contribution is 6.34. The molecule has 0 unspecified atom stereocenters. The third-order valence-corrected chi connectivity index (χ3v) is 3.59. The Bertz CT molecular complexity index is 674. The van der Waals surface area contributed by atoms with Gasteiger partial charge in [0.05, 0.1) is 16.8 Å². The predicted molar refractivity (Wildman–Crippen MR) is 81.4 cm³/mol. The zero-order valence-corrected chi connectivity index (χ0v) is 11.8. The summed E-state index contributed by atoms with van der Waals surface area (Å²) in [6.07, 6.45) is 0. The molecule has 0 radical (unpaired) electrons. The van der Waals surface area contributed by atoms with Crippen LogP contribution in [0.2, 0.25) is 0 Å². The lowest BCUT2D eigenvalue weighted by atomic mass is 10.1. The van der Waals surface area contributed by atoms with Gasteiger partial charge in [0.2, 0.25) is 0 Å². The van der Waals surface area contributed by atoms with Crippen LogP contribution in [-0.4, -0.2) is 18.4 Å². The zero-order chi connectivity index (χ0) is 14.8. The fraction of sp³-hybridized carbons (Fsp3) is 0.176. The number of carbonyl (C=O) groups is 2. The third-order valence-electron chi connectivity index (χ3n) is 3.59. The molecule has 21 heavy (non-hydrogen) atoms. The molecule has 1 aliphatic heterocycles. The van der Waals surface area contributed by atoms with E-state index in [0.29, 0.717) is 23.4 Å². The van der Waals surface area contributed by atoms with Gasteiger partial charge in [0.25, 0.3) is 11.8 Å². The van der Waals surface area contributed by atoms with E-state index in [0.717, 1.165) is 12.1 Å². The molecule has 4 heteroatoms. The van der Waals surface area contributed by atoms with E-state index in [2.05, 4.69) is 5.32 Å². The van der Waals surface area contributed by atoms with Crippen molar-refractivity contribution in [2.24, 2.45) is 0 Å². The topological polar surface area (TPSA) is 49.4 Å². The van der Waals surface area contributed by atoms with E-state index in [1.54, 1.807) is 24.3 Å². The Morgan fingerprint density at radius 3 is 2.10 bits per heavy atom. The molecule has 3 rings (SSSR count). The van der Waals surface area contributed by atoms with E-state index >= 15 is 0 Å². The fourth-order valence-electron chi connectivity index (χ4n) is 2.55. The molecule has 2 aromatic rings. The summed E-state index contributed by atoms with van der Waals surface area (Å²) in [5, 5.41) is 3.23. The molecule has 0 spiro atoms. The number of nitrogens with zero attached hydrogens (tertiary/aromatic N) is 1. The van der Waals surface area contributed by atoms with Crippen molar-refractivity contribution in [1.29, 1.82) is 0 Å². The summed E-state index contributed by atoms with van der Waals surface area (Å²) < 4.78 is 0. The molecule has 0 saturated heterocycles. The Morgan fingerprint density at radius 2 is 1.48 bits per heavy atom. The predicted octanol–water partition coefficient (Wildman–Crippen LogP) is 2.60. The Hall–Kier alpha value is -2.46. The Morgan fingerprint density at radius 1 is 0.905 bits per heavy atom. The van der Waals surface area contributed by atoms with Crippen molar-refractivity contribution >= 4 is 17.5 Å². The van der Waals surface area contributed by atoms with Crippen molar-refractivity contribution in [2.45, 2.75) is 13.5 Å². The van der Waals surface area contributed by atoms with Gasteiger partial charge in [0, 0.05) is 6.54 Å². The number of carbonyl (C=O) groups excluding carboxylic acids is 2. The van der Waals surface area contributed by atoms with Gasteiger partial charge >= 0.3 is 0 Å². The van der Waals surface area contributed by atoms with Crippen molar-refractivity contribution in [1.82, 2.24) is 5.32 Å². The van der Waals surface area contributed by atoms with Gasteiger partial charge in [-0.25, -0.2) is 4.90 Å². The zero-order valence-electron chi connectivity index (χ0n) is 11.8. The Balaban J connectivity index is 2.03. The largest absolute Gasteiger partial charge is 0.313 e. The molecule has 0 aliphatic carbocycles. The van der Waals surface area contributed by atoms with E-state index < -0.39 is 0 Å². The minimum absolute atomic E-state index is 0.250. The lowest BCUT2D eigenvalue weighted by Gasteiger charge is -2.18. The van der Waals surface area contributed by atoms with Crippen LogP contribution in [0.4, 0.5) is 5.69 Å². The number of rotatable bonds is 4. The molecule has 0 saturated carbocycles. The maximum atomic E-state index is 12.5. The monoisotopic (exact) mass is 280 g/mol. The Kier molecular flexibility index (Phi) is 3.54. The van der Waals surface area contributed by atoms with Crippen molar-refractivity contribution in [3.63, 3.8) is 0 Å². The lowest BCUT2D eigenvalue weighted by Crippen LogP contribution is -2.31. The van der Waals surface area contributed by atoms with E-state index in [1.165, 1.54) is 4.90 Å². The van der Waals surface area contributed by atoms with Crippen LogP contribution >= 0.6 is 0 Å². The summed E-state index contributed by atoms with van der Waals surface area (Å²) in [7, 11) is 0. The summed E-state index contributed by atoms with van der Waals surface area (Å²) in [5.41, 5.74) is 2.54. The molecule has 2 amide bonds. The van der Waals surface area contributed by atoms with Crippen LogP contribution in [0, 0.1) is 0 Å². The summed E-state index contributed by atoms with van der Waals surface area (Å²) in [4.78, 5) is 26.3. The van der Waals surface area contributed by atoms with Crippen LogP contribution < -0.4 is 10.2 Å². The smallest absolute Gasteiger partial charge is 0.266 e. The van der Waals surface area contributed by atoms with Crippen molar-refractivity contribution in [3.05, 3.63) is 65.2 Å². The van der Waals surface area contributed by atoms with Gasteiger partial charge in [0.1, 0.15) is 0 Å². The summed E-state index contributed by atoms with van der Waals surface area (Å²) in [6, 6.07) is 14.4. The molecule has 0 aromatic heterocycles. The first kappa shape index (κ1) is 13.5. The van der Waals surface area contributed by atoms with Gasteiger partial charge in [-0.2, -0.15) is 0 Å². The number of para-hydroxylation sites is 1. The van der Waals surface area contributed by atoms with Crippen LogP contribution in [0.25, 0.3) is 0 Å². The second-order valence-electron chi connectivity index (χ2n) is 4.90. The van der Waals surface area contributed by atoms with Crippen LogP contribution in [0.1, 0.15) is 33.2 Å². The van der Waals surface area contributed by atoms with Crippen molar-refractivity contribution in [2.75, 3.05) is 11.4 Å². The summed E-state index contributed by atoms with van der Waals surface area (Å²) in [6.45, 7) is 3.47. The molecule has 0 fully saturated rings. The average molecular weight is 280 g/mol. The number of benzene rings is 2. The normalized spacial score (nSPS) is 13.7. The molecule has 0 bridgehead atoms. The lowest BCUT2D eigenvalue weighted by molar-refractivity contribution is 0.0926. The molecular weight excluding hydrogens is 264 g/mol.